The second kappa shape index (κ2) is 6.21. The average Bonchev–Trinajstić information content (AvgIpc) is 3.28. The fraction of sp³-hybridized carbons (Fsp3) is 0.160. The second-order valence-electron chi connectivity index (χ2n) is 8.12. The standard InChI is InChI=1S/C25H20ClN3O/c1-14-7-6-10-18-22(14)29-24(30)25(18)23-21(16-9-3-5-12-20(16)28-23)17(13-27-25)15-8-2-4-11-19(15)26/h2-12,17,27-28H,13H2,1H3,(H,29,30). The summed E-state index contributed by atoms with van der Waals surface area (Å²) in [7, 11) is 0. The molecule has 5 heteroatoms. The maximum Gasteiger partial charge on any atom is 0.255 e. The molecule has 6 rings (SSSR count). The van der Waals surface area contributed by atoms with Crippen LogP contribution in [0.1, 0.15) is 33.9 Å². The van der Waals surface area contributed by atoms with E-state index in [2.05, 4.69) is 33.8 Å². The fourth-order valence-electron chi connectivity index (χ4n) is 5.19. The highest BCUT2D eigenvalue weighted by molar-refractivity contribution is 6.31. The number of H-pyrrole nitrogens is 1. The summed E-state index contributed by atoms with van der Waals surface area (Å²) in [5, 5.41) is 8.62. The van der Waals surface area contributed by atoms with E-state index in [1.165, 1.54) is 0 Å². The topological polar surface area (TPSA) is 56.9 Å². The minimum atomic E-state index is -0.937. The molecule has 2 atom stereocenters. The number of aryl methyl sites for hydroxylation is 1. The molecule has 4 nitrogen and oxygen atoms in total. The van der Waals surface area contributed by atoms with Gasteiger partial charge in [0.1, 0.15) is 0 Å². The van der Waals surface area contributed by atoms with Crippen LogP contribution in [0.25, 0.3) is 10.9 Å². The zero-order valence-corrected chi connectivity index (χ0v) is 17.2. The SMILES string of the molecule is Cc1cccc2c1NC(=O)C21NCC(c2ccccc2Cl)c2c1[nH]c1ccccc21. The van der Waals surface area contributed by atoms with Crippen LogP contribution in [0.4, 0.5) is 5.69 Å². The third-order valence-electron chi connectivity index (χ3n) is 6.58. The van der Waals surface area contributed by atoms with Crippen molar-refractivity contribution in [3.8, 4) is 0 Å². The number of aromatic nitrogens is 1. The number of carbonyl (C=O) groups is 1. The van der Waals surface area contributed by atoms with Gasteiger partial charge in [-0.2, -0.15) is 0 Å². The molecule has 3 N–H and O–H groups in total. The summed E-state index contributed by atoms with van der Waals surface area (Å²) in [6, 6.07) is 22.3. The van der Waals surface area contributed by atoms with Gasteiger partial charge in [0.25, 0.3) is 5.91 Å². The number of nitrogens with one attached hydrogen (secondary N) is 3. The van der Waals surface area contributed by atoms with Gasteiger partial charge in [0.2, 0.25) is 0 Å². The lowest BCUT2D eigenvalue weighted by molar-refractivity contribution is -0.120. The molecular weight excluding hydrogens is 394 g/mol. The number of para-hydroxylation sites is 2. The summed E-state index contributed by atoms with van der Waals surface area (Å²) >= 11 is 6.61. The molecule has 0 aliphatic carbocycles. The lowest BCUT2D eigenvalue weighted by Gasteiger charge is -2.37. The first kappa shape index (κ1) is 17.8. The van der Waals surface area contributed by atoms with Crippen LogP contribution in [0.2, 0.25) is 5.02 Å². The maximum absolute atomic E-state index is 13.5. The Morgan fingerprint density at radius 2 is 1.80 bits per heavy atom. The number of carbonyl (C=O) groups excluding carboxylic acids is 1. The molecule has 1 spiro atoms. The summed E-state index contributed by atoms with van der Waals surface area (Å²) in [5.74, 6) is -0.00523. The predicted octanol–water partition coefficient (Wildman–Crippen LogP) is 5.06. The lowest BCUT2D eigenvalue weighted by Crippen LogP contribution is -2.54. The molecule has 2 aliphatic rings. The maximum atomic E-state index is 13.5. The van der Waals surface area contributed by atoms with Crippen molar-refractivity contribution in [2.24, 2.45) is 0 Å². The van der Waals surface area contributed by atoms with Gasteiger partial charge >= 0.3 is 0 Å². The molecule has 0 fully saturated rings. The van der Waals surface area contributed by atoms with Crippen LogP contribution in [-0.2, 0) is 10.3 Å². The van der Waals surface area contributed by atoms with Crippen molar-refractivity contribution >= 4 is 34.1 Å². The number of benzene rings is 3. The van der Waals surface area contributed by atoms with Gasteiger partial charge in [-0.25, -0.2) is 0 Å². The van der Waals surface area contributed by atoms with Crippen LogP contribution in [0, 0.1) is 6.92 Å². The van der Waals surface area contributed by atoms with E-state index < -0.39 is 5.54 Å². The number of anilines is 1. The smallest absolute Gasteiger partial charge is 0.255 e. The van der Waals surface area contributed by atoms with Crippen molar-refractivity contribution in [3.05, 3.63) is 99.7 Å². The van der Waals surface area contributed by atoms with Crippen molar-refractivity contribution in [2.75, 3.05) is 11.9 Å². The molecule has 2 aliphatic heterocycles. The zero-order chi connectivity index (χ0) is 20.5. The van der Waals surface area contributed by atoms with Crippen molar-refractivity contribution < 1.29 is 4.79 Å². The van der Waals surface area contributed by atoms with Crippen molar-refractivity contribution in [1.82, 2.24) is 10.3 Å². The molecule has 2 unspecified atom stereocenters. The van der Waals surface area contributed by atoms with E-state index in [-0.39, 0.29) is 11.8 Å². The summed E-state index contributed by atoms with van der Waals surface area (Å²) in [6.45, 7) is 2.64. The van der Waals surface area contributed by atoms with Crippen LogP contribution in [0.3, 0.4) is 0 Å². The first-order chi connectivity index (χ1) is 14.6. The summed E-state index contributed by atoms with van der Waals surface area (Å²) in [6.07, 6.45) is 0. The van der Waals surface area contributed by atoms with E-state index in [0.29, 0.717) is 6.54 Å². The first-order valence-electron chi connectivity index (χ1n) is 10.1. The Kier molecular flexibility index (Phi) is 3.67. The first-order valence-corrected chi connectivity index (χ1v) is 10.5. The molecule has 30 heavy (non-hydrogen) atoms. The Bertz CT molecular complexity index is 1340. The molecule has 0 radical (unpaired) electrons. The average molecular weight is 414 g/mol. The second-order valence-corrected chi connectivity index (χ2v) is 8.52. The van der Waals surface area contributed by atoms with Gasteiger partial charge in [-0.1, -0.05) is 66.2 Å². The molecule has 3 aromatic carbocycles. The van der Waals surface area contributed by atoms with Crippen LogP contribution < -0.4 is 10.6 Å². The highest BCUT2D eigenvalue weighted by Gasteiger charge is 2.54. The molecule has 1 aromatic heterocycles. The minimum Gasteiger partial charge on any atom is -0.356 e. The van der Waals surface area contributed by atoms with Gasteiger partial charge < -0.3 is 10.3 Å². The molecular formula is C25H20ClN3O. The third kappa shape index (κ3) is 2.18. The Morgan fingerprint density at radius 3 is 2.67 bits per heavy atom. The van der Waals surface area contributed by atoms with Crippen LogP contribution in [0.15, 0.2) is 66.7 Å². The number of amides is 1. The molecule has 0 saturated heterocycles. The van der Waals surface area contributed by atoms with Gasteiger partial charge in [0, 0.05) is 39.6 Å². The Morgan fingerprint density at radius 1 is 1.00 bits per heavy atom. The number of halogens is 1. The van der Waals surface area contributed by atoms with Crippen molar-refractivity contribution in [3.63, 3.8) is 0 Å². The quantitative estimate of drug-likeness (QED) is 0.408. The minimum absolute atomic E-state index is 0.0390. The summed E-state index contributed by atoms with van der Waals surface area (Å²) < 4.78 is 0. The highest BCUT2D eigenvalue weighted by Crippen LogP contribution is 2.50. The Labute approximate surface area is 179 Å². The van der Waals surface area contributed by atoms with E-state index >= 15 is 0 Å². The monoisotopic (exact) mass is 413 g/mol. The number of rotatable bonds is 1. The summed E-state index contributed by atoms with van der Waals surface area (Å²) in [5.41, 5.74) is 6.13. The van der Waals surface area contributed by atoms with Gasteiger partial charge in [-0.15, -0.1) is 0 Å². The van der Waals surface area contributed by atoms with E-state index in [1.807, 2.05) is 55.5 Å². The van der Waals surface area contributed by atoms with Gasteiger partial charge in [0.15, 0.2) is 5.54 Å². The van der Waals surface area contributed by atoms with Crippen LogP contribution in [-0.4, -0.2) is 17.4 Å². The largest absolute Gasteiger partial charge is 0.356 e. The predicted molar refractivity (Wildman–Crippen MR) is 120 cm³/mol. The normalized spacial score (nSPS) is 22.2. The van der Waals surface area contributed by atoms with E-state index in [1.54, 1.807) is 0 Å². The Hall–Kier alpha value is -3.08. The molecule has 1 amide bonds. The molecule has 0 bridgehead atoms. The highest BCUT2D eigenvalue weighted by atomic mass is 35.5. The number of hydrogen-bond donors (Lipinski definition) is 3. The van der Waals surface area contributed by atoms with E-state index in [4.69, 9.17) is 11.6 Å². The van der Waals surface area contributed by atoms with E-state index in [9.17, 15) is 4.79 Å². The van der Waals surface area contributed by atoms with Crippen LogP contribution >= 0.6 is 11.6 Å². The molecule has 0 saturated carbocycles. The van der Waals surface area contributed by atoms with Gasteiger partial charge in [-0.3, -0.25) is 10.1 Å². The molecule has 4 aromatic rings. The Balaban J connectivity index is 1.68. The van der Waals surface area contributed by atoms with Crippen LogP contribution in [0.5, 0.6) is 0 Å². The van der Waals surface area contributed by atoms with E-state index in [0.717, 1.165) is 49.6 Å². The lowest BCUT2D eigenvalue weighted by atomic mass is 9.76. The van der Waals surface area contributed by atoms with Gasteiger partial charge in [-0.05, 0) is 35.7 Å². The molecule has 3 heterocycles. The number of fused-ring (bicyclic) bond motifs is 6. The van der Waals surface area contributed by atoms with Crippen molar-refractivity contribution in [2.45, 2.75) is 18.4 Å². The molecule has 148 valence electrons. The number of hydrogen-bond acceptors (Lipinski definition) is 2. The third-order valence-corrected chi connectivity index (χ3v) is 6.92. The summed E-state index contributed by atoms with van der Waals surface area (Å²) in [4.78, 5) is 17.1. The van der Waals surface area contributed by atoms with Gasteiger partial charge in [0.05, 0.1) is 5.69 Å². The fourth-order valence-corrected chi connectivity index (χ4v) is 5.46. The number of aromatic amines is 1. The van der Waals surface area contributed by atoms with Crippen molar-refractivity contribution in [1.29, 1.82) is 0 Å². The zero-order valence-electron chi connectivity index (χ0n) is 16.4.